The van der Waals surface area contributed by atoms with Crippen LogP contribution in [0.4, 0.5) is 8.78 Å². The zero-order valence-corrected chi connectivity index (χ0v) is 15.9. The lowest BCUT2D eigenvalue weighted by Crippen LogP contribution is -2.48. The fraction of sp³-hybridized carbons (Fsp3) is 0.650. The number of ether oxygens (including phenoxy) is 1. The number of hydrogen-bond acceptors (Lipinski definition) is 4. The Bertz CT molecular complexity index is 642. The Hall–Kier alpha value is -1.57. The fourth-order valence-corrected chi connectivity index (χ4v) is 4.32. The zero-order valence-electron chi connectivity index (χ0n) is 15.9. The first-order valence-electron chi connectivity index (χ1n) is 9.55. The number of rotatable bonds is 5. The largest absolute Gasteiger partial charge is 0.396 e. The smallest absolute Gasteiger partial charge is 0.227 e. The fourth-order valence-electron chi connectivity index (χ4n) is 4.32. The van der Waals surface area contributed by atoms with Gasteiger partial charge in [-0.3, -0.25) is 9.69 Å². The van der Waals surface area contributed by atoms with Gasteiger partial charge >= 0.3 is 0 Å². The van der Waals surface area contributed by atoms with Crippen molar-refractivity contribution in [1.29, 1.82) is 0 Å². The highest BCUT2D eigenvalue weighted by molar-refractivity contribution is 5.79. The van der Waals surface area contributed by atoms with Gasteiger partial charge in [0.1, 0.15) is 11.6 Å². The summed E-state index contributed by atoms with van der Waals surface area (Å²) in [6.07, 6.45) is 0.303. The van der Waals surface area contributed by atoms with Gasteiger partial charge in [-0.05, 0) is 37.5 Å². The van der Waals surface area contributed by atoms with E-state index in [0.717, 1.165) is 25.7 Å². The molecule has 0 spiro atoms. The third kappa shape index (κ3) is 5.24. The van der Waals surface area contributed by atoms with Gasteiger partial charge in [0.25, 0.3) is 0 Å². The quantitative estimate of drug-likeness (QED) is 0.842. The van der Waals surface area contributed by atoms with Crippen molar-refractivity contribution < 1.29 is 23.4 Å². The molecule has 1 aromatic carbocycles. The number of nitrogens with zero attached hydrogens (tertiary/aromatic N) is 2. The molecule has 2 heterocycles. The Kier molecular flexibility index (Phi) is 6.44. The Balaban J connectivity index is 1.60. The van der Waals surface area contributed by atoms with E-state index in [4.69, 9.17) is 4.74 Å². The van der Waals surface area contributed by atoms with Crippen molar-refractivity contribution in [2.24, 2.45) is 11.8 Å². The van der Waals surface area contributed by atoms with Gasteiger partial charge in [0.15, 0.2) is 0 Å². The van der Waals surface area contributed by atoms with Crippen LogP contribution in [0.5, 0.6) is 0 Å². The molecule has 1 N–H and O–H groups in total. The minimum absolute atomic E-state index is 0.0200. The summed E-state index contributed by atoms with van der Waals surface area (Å²) in [5, 5.41) is 9.75. The second-order valence-electron chi connectivity index (χ2n) is 7.93. The van der Waals surface area contributed by atoms with Gasteiger partial charge < -0.3 is 14.7 Å². The van der Waals surface area contributed by atoms with E-state index in [1.807, 2.05) is 0 Å². The van der Waals surface area contributed by atoms with Gasteiger partial charge in [-0.25, -0.2) is 8.78 Å². The van der Waals surface area contributed by atoms with Crippen LogP contribution in [0.2, 0.25) is 0 Å². The average molecular weight is 382 g/mol. The maximum atomic E-state index is 13.3. The molecule has 7 heteroatoms. The van der Waals surface area contributed by atoms with E-state index in [9.17, 15) is 18.7 Å². The summed E-state index contributed by atoms with van der Waals surface area (Å²) >= 11 is 0. The summed E-state index contributed by atoms with van der Waals surface area (Å²) < 4.78 is 32.5. The summed E-state index contributed by atoms with van der Waals surface area (Å²) in [4.78, 5) is 16.7. The third-order valence-corrected chi connectivity index (χ3v) is 5.43. The van der Waals surface area contributed by atoms with Gasteiger partial charge in [-0.1, -0.05) is 0 Å². The van der Waals surface area contributed by atoms with E-state index < -0.39 is 11.6 Å². The predicted molar refractivity (Wildman–Crippen MR) is 97.2 cm³/mol. The highest BCUT2D eigenvalue weighted by atomic mass is 19.1. The van der Waals surface area contributed by atoms with Crippen LogP contribution >= 0.6 is 0 Å². The van der Waals surface area contributed by atoms with Crippen LogP contribution in [-0.2, 0) is 16.0 Å². The number of benzene rings is 1. The molecule has 150 valence electrons. The molecule has 2 aliphatic rings. The molecule has 2 aliphatic heterocycles. The minimum atomic E-state index is -0.680. The maximum Gasteiger partial charge on any atom is 0.227 e. The number of aliphatic hydroxyl groups is 1. The lowest BCUT2D eigenvalue weighted by atomic mass is 9.96. The number of halogens is 2. The van der Waals surface area contributed by atoms with Gasteiger partial charge in [-0.2, -0.15) is 0 Å². The third-order valence-electron chi connectivity index (χ3n) is 5.43. The number of likely N-dealkylation sites (tertiary alicyclic amines) is 1. The van der Waals surface area contributed by atoms with Crippen LogP contribution in [0, 0.1) is 23.5 Å². The molecule has 0 unspecified atom stereocenters. The molecule has 2 saturated heterocycles. The first-order chi connectivity index (χ1) is 12.8. The topological polar surface area (TPSA) is 53.0 Å². The zero-order chi connectivity index (χ0) is 19.6. The van der Waals surface area contributed by atoms with Crippen molar-refractivity contribution in [3.8, 4) is 0 Å². The number of carbonyl (C=O) groups excluding carboxylic acids is 1. The van der Waals surface area contributed by atoms with Gasteiger partial charge in [-0.15, -0.1) is 0 Å². The van der Waals surface area contributed by atoms with Crippen molar-refractivity contribution in [3.05, 3.63) is 35.4 Å². The van der Waals surface area contributed by atoms with Crippen LogP contribution in [0.3, 0.4) is 0 Å². The molecule has 0 aromatic heterocycles. The monoisotopic (exact) mass is 382 g/mol. The highest BCUT2D eigenvalue weighted by Gasteiger charge is 2.36. The van der Waals surface area contributed by atoms with Crippen molar-refractivity contribution in [3.63, 3.8) is 0 Å². The van der Waals surface area contributed by atoms with Crippen LogP contribution in [0.25, 0.3) is 0 Å². The van der Waals surface area contributed by atoms with Crippen molar-refractivity contribution in [2.75, 3.05) is 39.3 Å². The number of aliphatic hydroxyl groups excluding tert-OH is 1. The molecule has 5 nitrogen and oxygen atoms in total. The molecule has 4 atom stereocenters. The van der Waals surface area contributed by atoms with E-state index in [-0.39, 0.29) is 43.0 Å². The molecule has 1 aromatic rings. The van der Waals surface area contributed by atoms with Crippen LogP contribution in [-0.4, -0.2) is 72.4 Å². The normalized spacial score (nSPS) is 29.3. The average Bonchev–Trinajstić information content (AvgIpc) is 2.96. The molecule has 27 heavy (non-hydrogen) atoms. The molecular formula is C20H28F2N2O3. The van der Waals surface area contributed by atoms with Gasteiger partial charge in [0.05, 0.1) is 18.6 Å². The summed E-state index contributed by atoms with van der Waals surface area (Å²) in [7, 11) is 0. The second-order valence-corrected chi connectivity index (χ2v) is 7.93. The Morgan fingerprint density at radius 3 is 2.26 bits per heavy atom. The number of morpholine rings is 1. The number of hydrogen-bond donors (Lipinski definition) is 1. The van der Waals surface area contributed by atoms with Crippen LogP contribution < -0.4 is 0 Å². The molecule has 2 fully saturated rings. The van der Waals surface area contributed by atoms with E-state index in [0.29, 0.717) is 18.7 Å². The molecule has 0 aliphatic carbocycles. The summed E-state index contributed by atoms with van der Waals surface area (Å²) in [6.45, 7) is 7.66. The summed E-state index contributed by atoms with van der Waals surface area (Å²) in [5.41, 5.74) is 0.331. The Labute approximate surface area is 158 Å². The Morgan fingerprint density at radius 2 is 1.67 bits per heavy atom. The van der Waals surface area contributed by atoms with Gasteiger partial charge in [0.2, 0.25) is 5.91 Å². The van der Waals surface area contributed by atoms with E-state index >= 15 is 0 Å². The summed E-state index contributed by atoms with van der Waals surface area (Å²) in [5.74, 6) is -1.32. The van der Waals surface area contributed by atoms with E-state index in [1.54, 1.807) is 4.90 Å². The first-order valence-corrected chi connectivity index (χ1v) is 9.55. The first kappa shape index (κ1) is 20.2. The minimum Gasteiger partial charge on any atom is -0.396 e. The number of amides is 1. The SMILES string of the molecule is C[C@@H]1CN(C[C@@H]2CN(C(=O)Cc3cc(F)cc(F)c3)C[C@@H]2CO)C[C@H](C)O1. The lowest BCUT2D eigenvalue weighted by molar-refractivity contribution is -0.129. The molecule has 0 saturated carbocycles. The molecular weight excluding hydrogens is 354 g/mol. The lowest BCUT2D eigenvalue weighted by Gasteiger charge is -2.37. The summed E-state index contributed by atoms with van der Waals surface area (Å²) in [6, 6.07) is 3.18. The van der Waals surface area contributed by atoms with E-state index in [2.05, 4.69) is 18.7 Å². The van der Waals surface area contributed by atoms with E-state index in [1.165, 1.54) is 12.1 Å². The maximum absolute atomic E-state index is 13.3. The van der Waals surface area contributed by atoms with Crippen LogP contribution in [0.15, 0.2) is 18.2 Å². The molecule has 0 bridgehead atoms. The predicted octanol–water partition coefficient (Wildman–Crippen LogP) is 1.68. The van der Waals surface area contributed by atoms with Gasteiger partial charge in [0, 0.05) is 51.3 Å². The second kappa shape index (κ2) is 8.63. The van der Waals surface area contributed by atoms with Crippen molar-refractivity contribution in [2.45, 2.75) is 32.5 Å². The van der Waals surface area contributed by atoms with Crippen LogP contribution in [0.1, 0.15) is 19.4 Å². The van der Waals surface area contributed by atoms with Crippen molar-refractivity contribution in [1.82, 2.24) is 9.80 Å². The highest BCUT2D eigenvalue weighted by Crippen LogP contribution is 2.26. The standard InChI is InChI=1S/C20H28F2N2O3/c1-13-7-23(8-14(2)27-13)9-16-10-24(11-17(16)12-25)20(26)5-15-3-18(21)6-19(22)4-15/h3-4,6,13-14,16-17,25H,5,7-12H2,1-2H3/t13-,14+,16-,17-/m1/s1. The molecule has 0 radical (unpaired) electrons. The molecule has 3 rings (SSSR count). The Morgan fingerprint density at radius 1 is 1.07 bits per heavy atom. The van der Waals surface area contributed by atoms with Crippen molar-refractivity contribution >= 4 is 5.91 Å². The number of carbonyl (C=O) groups is 1. The molecule has 1 amide bonds.